The lowest BCUT2D eigenvalue weighted by molar-refractivity contribution is -0.139. The van der Waals surface area contributed by atoms with Gasteiger partial charge in [0.1, 0.15) is 0 Å². The average molecular weight is 311 g/mol. The van der Waals surface area contributed by atoms with E-state index >= 15 is 0 Å². The fourth-order valence-electron chi connectivity index (χ4n) is 2.87. The maximum atomic E-state index is 12.4. The largest absolute Gasteiger partial charge is 0.481 e. The molecule has 1 aliphatic carbocycles. The second kappa shape index (κ2) is 6.43. The van der Waals surface area contributed by atoms with E-state index in [0.29, 0.717) is 17.9 Å². The molecule has 0 aliphatic heterocycles. The fraction of sp³-hybridized carbons (Fsp3) is 0.533. The van der Waals surface area contributed by atoms with E-state index in [1.54, 1.807) is 13.0 Å². The number of nitrogens with one attached hydrogen (secondary N) is 1. The second-order valence-electron chi connectivity index (χ2n) is 5.67. The Bertz CT molecular complexity index is 554. The van der Waals surface area contributed by atoms with Crippen molar-refractivity contribution >= 4 is 23.5 Å². The Balaban J connectivity index is 2.19. The predicted molar refractivity (Wildman–Crippen MR) is 79.5 cm³/mol. The summed E-state index contributed by atoms with van der Waals surface area (Å²) in [5.41, 5.74) is 0.349. The fourth-order valence-corrected chi connectivity index (χ4v) is 3.16. The zero-order valence-electron chi connectivity index (χ0n) is 12.0. The van der Waals surface area contributed by atoms with Gasteiger partial charge in [-0.15, -0.1) is 0 Å². The van der Waals surface area contributed by atoms with Gasteiger partial charge in [0.25, 0.3) is 5.91 Å². The number of hydrogen-bond donors (Lipinski definition) is 2. The van der Waals surface area contributed by atoms with Crippen LogP contribution in [0.25, 0.3) is 0 Å². The third-order valence-electron chi connectivity index (χ3n) is 3.91. The molecule has 1 fully saturated rings. The van der Waals surface area contributed by atoms with Crippen molar-refractivity contribution in [3.63, 3.8) is 0 Å². The molecule has 0 aromatic carbocycles. The Kier molecular flexibility index (Phi) is 4.83. The molecule has 1 heterocycles. The first-order valence-corrected chi connectivity index (χ1v) is 7.46. The summed E-state index contributed by atoms with van der Waals surface area (Å²) in [6.07, 6.45) is 5.66. The summed E-state index contributed by atoms with van der Waals surface area (Å²) >= 11 is 6.08. The molecule has 0 unspecified atom stereocenters. The molecule has 114 valence electrons. The molecule has 1 aromatic heterocycles. The quantitative estimate of drug-likeness (QED) is 0.896. The maximum absolute atomic E-state index is 12.4. The van der Waals surface area contributed by atoms with Gasteiger partial charge in [0.05, 0.1) is 22.5 Å². The minimum absolute atomic E-state index is 0.0599. The number of pyridine rings is 1. The number of halogens is 1. The van der Waals surface area contributed by atoms with E-state index in [2.05, 4.69) is 10.3 Å². The van der Waals surface area contributed by atoms with E-state index in [1.165, 1.54) is 6.20 Å². The molecule has 0 spiro atoms. The van der Waals surface area contributed by atoms with Crippen molar-refractivity contribution in [3.05, 3.63) is 28.5 Å². The number of aromatic nitrogens is 1. The van der Waals surface area contributed by atoms with E-state index in [0.717, 1.165) is 25.0 Å². The summed E-state index contributed by atoms with van der Waals surface area (Å²) in [6.45, 7) is 1.79. The van der Waals surface area contributed by atoms with Crippen molar-refractivity contribution in [1.29, 1.82) is 0 Å². The first kappa shape index (κ1) is 15.8. The van der Waals surface area contributed by atoms with Gasteiger partial charge in [0.2, 0.25) is 0 Å². The number of carbonyl (C=O) groups excluding carboxylic acids is 1. The summed E-state index contributed by atoms with van der Waals surface area (Å²) in [5.74, 6) is -1.25. The highest BCUT2D eigenvalue weighted by Gasteiger charge is 2.36. The van der Waals surface area contributed by atoms with E-state index < -0.39 is 11.5 Å². The van der Waals surface area contributed by atoms with Crippen LogP contribution in [0.2, 0.25) is 5.02 Å². The second-order valence-corrected chi connectivity index (χ2v) is 6.08. The number of hydrogen-bond acceptors (Lipinski definition) is 3. The van der Waals surface area contributed by atoms with Crippen LogP contribution in [0.3, 0.4) is 0 Å². The lowest BCUT2D eigenvalue weighted by Gasteiger charge is -2.37. The maximum Gasteiger partial charge on any atom is 0.305 e. The Hall–Kier alpha value is -1.62. The average Bonchev–Trinajstić information content (AvgIpc) is 2.38. The van der Waals surface area contributed by atoms with Gasteiger partial charge in [-0.2, -0.15) is 0 Å². The van der Waals surface area contributed by atoms with E-state index in [1.807, 2.05) is 0 Å². The standard InChI is InChI=1S/C15H19ClN2O3/c1-10-7-12(16)11(9-17-10)14(21)18-15(8-13(19)20)5-3-2-4-6-15/h7,9H,2-6,8H2,1H3,(H,18,21)(H,19,20). The first-order valence-electron chi connectivity index (χ1n) is 7.08. The van der Waals surface area contributed by atoms with Crippen molar-refractivity contribution in [1.82, 2.24) is 10.3 Å². The van der Waals surface area contributed by atoms with Crippen LogP contribution in [0.5, 0.6) is 0 Å². The number of aryl methyl sites for hydroxylation is 1. The van der Waals surface area contributed by atoms with E-state index in [-0.39, 0.29) is 17.9 Å². The van der Waals surface area contributed by atoms with Gasteiger partial charge < -0.3 is 10.4 Å². The normalized spacial score (nSPS) is 17.2. The van der Waals surface area contributed by atoms with Crippen molar-refractivity contribution in [2.45, 2.75) is 51.0 Å². The van der Waals surface area contributed by atoms with Gasteiger partial charge in [-0.3, -0.25) is 14.6 Å². The molecule has 0 atom stereocenters. The van der Waals surface area contributed by atoms with E-state index in [4.69, 9.17) is 16.7 Å². The topological polar surface area (TPSA) is 79.3 Å². The molecule has 1 aliphatic rings. The van der Waals surface area contributed by atoms with Crippen molar-refractivity contribution < 1.29 is 14.7 Å². The van der Waals surface area contributed by atoms with Crippen LogP contribution in [0.4, 0.5) is 0 Å². The van der Waals surface area contributed by atoms with Crippen LogP contribution >= 0.6 is 11.6 Å². The highest BCUT2D eigenvalue weighted by Crippen LogP contribution is 2.32. The number of amides is 1. The zero-order valence-corrected chi connectivity index (χ0v) is 12.7. The molecule has 2 rings (SSSR count). The third kappa shape index (κ3) is 3.94. The highest BCUT2D eigenvalue weighted by atomic mass is 35.5. The third-order valence-corrected chi connectivity index (χ3v) is 4.23. The van der Waals surface area contributed by atoms with Crippen LogP contribution in [0, 0.1) is 6.92 Å². The molecular formula is C15H19ClN2O3. The summed E-state index contributed by atoms with van der Waals surface area (Å²) in [4.78, 5) is 27.6. The van der Waals surface area contributed by atoms with Crippen molar-refractivity contribution in [2.24, 2.45) is 0 Å². The van der Waals surface area contributed by atoms with Gasteiger partial charge in [0, 0.05) is 11.9 Å². The number of carboxylic acids is 1. The number of carboxylic acid groups (broad SMARTS) is 1. The molecule has 1 amide bonds. The Morgan fingerprint density at radius 2 is 2.05 bits per heavy atom. The zero-order chi connectivity index (χ0) is 15.5. The lowest BCUT2D eigenvalue weighted by atomic mass is 9.79. The van der Waals surface area contributed by atoms with Gasteiger partial charge in [-0.1, -0.05) is 30.9 Å². The minimum Gasteiger partial charge on any atom is -0.481 e. The summed E-state index contributed by atoms with van der Waals surface area (Å²) in [7, 11) is 0. The Labute approximate surface area is 128 Å². The van der Waals surface area contributed by atoms with Crippen LogP contribution in [-0.4, -0.2) is 27.5 Å². The summed E-state index contributed by atoms with van der Waals surface area (Å²) in [6, 6.07) is 1.63. The van der Waals surface area contributed by atoms with Crippen LogP contribution in [-0.2, 0) is 4.79 Å². The molecular weight excluding hydrogens is 292 g/mol. The van der Waals surface area contributed by atoms with E-state index in [9.17, 15) is 9.59 Å². The SMILES string of the molecule is Cc1cc(Cl)c(C(=O)NC2(CC(=O)O)CCCCC2)cn1. The van der Waals surface area contributed by atoms with Crippen LogP contribution in [0.15, 0.2) is 12.3 Å². The van der Waals surface area contributed by atoms with Crippen molar-refractivity contribution in [3.8, 4) is 0 Å². The number of aliphatic carboxylic acids is 1. The van der Waals surface area contributed by atoms with Gasteiger partial charge in [-0.25, -0.2) is 0 Å². The summed E-state index contributed by atoms with van der Waals surface area (Å²) < 4.78 is 0. The van der Waals surface area contributed by atoms with Gasteiger partial charge in [-0.05, 0) is 25.8 Å². The molecule has 1 aromatic rings. The molecule has 2 N–H and O–H groups in total. The highest BCUT2D eigenvalue weighted by molar-refractivity contribution is 6.33. The molecule has 21 heavy (non-hydrogen) atoms. The minimum atomic E-state index is -0.898. The Morgan fingerprint density at radius 3 is 2.62 bits per heavy atom. The van der Waals surface area contributed by atoms with Gasteiger partial charge in [0.15, 0.2) is 0 Å². The predicted octanol–water partition coefficient (Wildman–Crippen LogP) is 2.95. The smallest absolute Gasteiger partial charge is 0.305 e. The first-order chi connectivity index (χ1) is 9.92. The van der Waals surface area contributed by atoms with Gasteiger partial charge >= 0.3 is 5.97 Å². The monoisotopic (exact) mass is 310 g/mol. The molecule has 0 radical (unpaired) electrons. The number of rotatable bonds is 4. The molecule has 0 saturated heterocycles. The van der Waals surface area contributed by atoms with Crippen LogP contribution in [0.1, 0.15) is 54.6 Å². The molecule has 1 saturated carbocycles. The van der Waals surface area contributed by atoms with Crippen molar-refractivity contribution in [2.75, 3.05) is 0 Å². The molecule has 5 nitrogen and oxygen atoms in total. The molecule has 6 heteroatoms. The number of nitrogens with zero attached hydrogens (tertiary/aromatic N) is 1. The lowest BCUT2D eigenvalue weighted by Crippen LogP contribution is -2.51. The number of carbonyl (C=O) groups is 2. The Morgan fingerprint density at radius 1 is 1.38 bits per heavy atom. The summed E-state index contributed by atoms with van der Waals surface area (Å²) in [5, 5.41) is 12.3. The molecule has 0 bridgehead atoms. The van der Waals surface area contributed by atoms with Crippen LogP contribution < -0.4 is 5.32 Å².